The fourth-order valence-electron chi connectivity index (χ4n) is 4.14. The summed E-state index contributed by atoms with van der Waals surface area (Å²) in [5, 5.41) is 1.13. The Morgan fingerprint density at radius 2 is 2.12 bits per heavy atom. The minimum absolute atomic E-state index is 0.575. The summed E-state index contributed by atoms with van der Waals surface area (Å²) in [5.41, 5.74) is 9.54. The molecule has 2 aromatic rings. The molecule has 4 nitrogen and oxygen atoms in total. The van der Waals surface area contributed by atoms with Crippen LogP contribution in [0.2, 0.25) is 0 Å². The summed E-state index contributed by atoms with van der Waals surface area (Å²) in [6.45, 7) is 4.21. The van der Waals surface area contributed by atoms with Gasteiger partial charge in [-0.15, -0.1) is 11.3 Å². The Morgan fingerprint density at radius 1 is 1.25 bits per heavy atom. The van der Waals surface area contributed by atoms with Gasteiger partial charge in [-0.05, 0) is 38.3 Å². The van der Waals surface area contributed by atoms with Crippen LogP contribution in [0.4, 0.5) is 0 Å². The monoisotopic (exact) mass is 342 g/mol. The summed E-state index contributed by atoms with van der Waals surface area (Å²) in [7, 11) is 2.22. The molecule has 2 fully saturated rings. The van der Waals surface area contributed by atoms with E-state index in [9.17, 15) is 0 Å². The highest BCUT2D eigenvalue weighted by Gasteiger charge is 2.39. The molecule has 1 saturated carbocycles. The maximum absolute atomic E-state index is 4.65. The molecule has 1 aliphatic heterocycles. The van der Waals surface area contributed by atoms with Gasteiger partial charge in [0.2, 0.25) is 0 Å². The minimum atomic E-state index is 0.575. The molecule has 5 heteroatoms. The van der Waals surface area contributed by atoms with Crippen LogP contribution in [-0.4, -0.2) is 35.6 Å². The molecule has 4 rings (SSSR count). The lowest BCUT2D eigenvalue weighted by Gasteiger charge is -2.23. The third kappa shape index (κ3) is 3.26. The number of nitrogens with zero attached hydrogens (tertiary/aromatic N) is 2. The van der Waals surface area contributed by atoms with Crippen molar-refractivity contribution in [1.29, 1.82) is 0 Å². The van der Waals surface area contributed by atoms with Gasteiger partial charge in [0.25, 0.3) is 0 Å². The molecule has 2 aliphatic rings. The third-order valence-corrected chi connectivity index (χ3v) is 6.42. The van der Waals surface area contributed by atoms with Crippen molar-refractivity contribution in [2.45, 2.75) is 44.8 Å². The molecule has 0 bridgehead atoms. The van der Waals surface area contributed by atoms with Gasteiger partial charge in [-0.1, -0.05) is 30.7 Å². The number of nitrogens with one attached hydrogen (secondary N) is 2. The minimum Gasteiger partial charge on any atom is -0.300 e. The van der Waals surface area contributed by atoms with E-state index in [-0.39, 0.29) is 0 Å². The Hall–Kier alpha value is -1.27. The molecule has 0 spiro atoms. The van der Waals surface area contributed by atoms with Crippen LogP contribution in [0.3, 0.4) is 0 Å². The average molecular weight is 343 g/mol. The highest BCUT2D eigenvalue weighted by Crippen LogP contribution is 2.32. The lowest BCUT2D eigenvalue weighted by atomic mass is 9.97. The largest absolute Gasteiger partial charge is 0.300 e. The van der Waals surface area contributed by atoms with Crippen molar-refractivity contribution in [1.82, 2.24) is 20.7 Å². The van der Waals surface area contributed by atoms with Crippen LogP contribution in [0.25, 0.3) is 10.6 Å². The van der Waals surface area contributed by atoms with Crippen molar-refractivity contribution in [3.8, 4) is 10.6 Å². The van der Waals surface area contributed by atoms with Crippen molar-refractivity contribution in [3.05, 3.63) is 40.9 Å². The van der Waals surface area contributed by atoms with E-state index in [1.165, 1.54) is 35.3 Å². The van der Waals surface area contributed by atoms with E-state index in [1.54, 1.807) is 0 Å². The number of thiazole rings is 1. The average Bonchev–Trinajstić information content (AvgIpc) is 3.26. The molecule has 128 valence electrons. The zero-order chi connectivity index (χ0) is 16.5. The predicted molar refractivity (Wildman–Crippen MR) is 99.8 cm³/mol. The summed E-state index contributed by atoms with van der Waals surface area (Å²) in [6.07, 6.45) is 6.11. The lowest BCUT2D eigenvalue weighted by molar-refractivity contribution is 0.264. The van der Waals surface area contributed by atoms with Crippen LogP contribution >= 0.6 is 11.3 Å². The molecule has 3 unspecified atom stereocenters. The molecule has 24 heavy (non-hydrogen) atoms. The highest BCUT2D eigenvalue weighted by atomic mass is 32.1. The molecule has 1 aromatic carbocycles. The van der Waals surface area contributed by atoms with Crippen molar-refractivity contribution >= 4 is 11.3 Å². The van der Waals surface area contributed by atoms with Gasteiger partial charge >= 0.3 is 0 Å². The molecule has 1 aromatic heterocycles. The second kappa shape index (κ2) is 6.92. The number of aromatic nitrogens is 1. The quantitative estimate of drug-likeness (QED) is 0.875. The number of rotatable bonds is 5. The van der Waals surface area contributed by atoms with E-state index in [4.69, 9.17) is 0 Å². The summed E-state index contributed by atoms with van der Waals surface area (Å²) in [4.78, 5) is 8.41. The van der Waals surface area contributed by atoms with Crippen molar-refractivity contribution < 1.29 is 0 Å². The maximum atomic E-state index is 4.65. The number of hydrogen-bond donors (Lipinski definition) is 2. The number of likely N-dealkylation sites (N-methyl/N-ethyl adjacent to an activating group) is 1. The van der Waals surface area contributed by atoms with E-state index in [0.717, 1.165) is 24.0 Å². The molecule has 0 amide bonds. The van der Waals surface area contributed by atoms with Gasteiger partial charge in [-0.3, -0.25) is 15.8 Å². The summed E-state index contributed by atoms with van der Waals surface area (Å²) >= 11 is 1.82. The third-order valence-electron chi connectivity index (χ3n) is 5.40. The topological polar surface area (TPSA) is 40.2 Å². The summed E-state index contributed by atoms with van der Waals surface area (Å²) in [5.74, 6) is 0.802. The standard InChI is InChI=1S/C19H26N4S/c1-13-6-3-4-7-15(13)19-20-10-14(24-19)11-23(2)12-18-16-8-5-9-17(16)21-22-18/h3-4,6-7,10,16-18,21-22H,5,8-9,11-12H2,1-2H3. The second-order valence-electron chi connectivity index (χ2n) is 7.24. The lowest BCUT2D eigenvalue weighted by Crippen LogP contribution is -2.41. The maximum Gasteiger partial charge on any atom is 0.123 e. The van der Waals surface area contributed by atoms with Crippen LogP contribution < -0.4 is 10.9 Å². The van der Waals surface area contributed by atoms with Gasteiger partial charge in [0.1, 0.15) is 5.01 Å². The Balaban J connectivity index is 1.38. The van der Waals surface area contributed by atoms with Gasteiger partial charge in [-0.2, -0.15) is 0 Å². The molecular formula is C19H26N4S. The summed E-state index contributed by atoms with van der Waals surface area (Å²) in [6, 6.07) is 9.76. The van der Waals surface area contributed by atoms with E-state index in [2.05, 4.69) is 59.0 Å². The van der Waals surface area contributed by atoms with Crippen LogP contribution in [0.15, 0.2) is 30.5 Å². The second-order valence-corrected chi connectivity index (χ2v) is 8.36. The van der Waals surface area contributed by atoms with Gasteiger partial charge in [0.15, 0.2) is 0 Å². The first-order valence-electron chi connectivity index (χ1n) is 8.91. The number of hydrazine groups is 1. The smallest absolute Gasteiger partial charge is 0.123 e. The number of benzene rings is 1. The van der Waals surface area contributed by atoms with E-state index in [1.807, 2.05) is 17.5 Å². The van der Waals surface area contributed by atoms with Crippen LogP contribution in [-0.2, 0) is 6.54 Å². The molecule has 0 radical (unpaired) electrons. The van der Waals surface area contributed by atoms with Gasteiger partial charge < -0.3 is 0 Å². The molecule has 1 saturated heterocycles. The Morgan fingerprint density at radius 3 is 3.00 bits per heavy atom. The first kappa shape index (κ1) is 16.2. The Kier molecular flexibility index (Phi) is 4.68. The van der Waals surface area contributed by atoms with E-state index >= 15 is 0 Å². The number of aryl methyl sites for hydroxylation is 1. The van der Waals surface area contributed by atoms with E-state index in [0.29, 0.717) is 12.1 Å². The SMILES string of the molecule is Cc1ccccc1-c1ncc(CN(C)CC2NNC3CCCC32)s1. The first-order valence-corrected chi connectivity index (χ1v) is 9.72. The van der Waals surface area contributed by atoms with Gasteiger partial charge in [0, 0.05) is 41.8 Å². The molecule has 3 atom stereocenters. The fraction of sp³-hybridized carbons (Fsp3) is 0.526. The zero-order valence-corrected chi connectivity index (χ0v) is 15.3. The fourth-order valence-corrected chi connectivity index (χ4v) is 5.22. The summed E-state index contributed by atoms with van der Waals surface area (Å²) < 4.78 is 0. The van der Waals surface area contributed by atoms with Crippen LogP contribution in [0.1, 0.15) is 29.7 Å². The zero-order valence-electron chi connectivity index (χ0n) is 14.5. The van der Waals surface area contributed by atoms with Crippen molar-refractivity contribution in [2.75, 3.05) is 13.6 Å². The highest BCUT2D eigenvalue weighted by molar-refractivity contribution is 7.15. The molecule has 1 aliphatic carbocycles. The molecule has 2 N–H and O–H groups in total. The van der Waals surface area contributed by atoms with Crippen molar-refractivity contribution in [2.24, 2.45) is 5.92 Å². The Labute approximate surface area is 148 Å². The van der Waals surface area contributed by atoms with Gasteiger partial charge in [-0.25, -0.2) is 4.98 Å². The first-order chi connectivity index (χ1) is 11.7. The van der Waals surface area contributed by atoms with Crippen LogP contribution in [0, 0.1) is 12.8 Å². The number of fused-ring (bicyclic) bond motifs is 1. The van der Waals surface area contributed by atoms with Gasteiger partial charge in [0.05, 0.1) is 0 Å². The molecule has 2 heterocycles. The normalized spacial score (nSPS) is 26.2. The van der Waals surface area contributed by atoms with Crippen molar-refractivity contribution in [3.63, 3.8) is 0 Å². The number of hydrogen-bond acceptors (Lipinski definition) is 5. The van der Waals surface area contributed by atoms with E-state index < -0.39 is 0 Å². The molecular weight excluding hydrogens is 316 g/mol. The van der Waals surface area contributed by atoms with Crippen LogP contribution in [0.5, 0.6) is 0 Å². The predicted octanol–water partition coefficient (Wildman–Crippen LogP) is 3.20. The Bertz CT molecular complexity index is 698.